The Kier molecular flexibility index (Phi) is 8.45. The lowest BCUT2D eigenvalue weighted by Crippen LogP contribution is -2.06. The van der Waals surface area contributed by atoms with Gasteiger partial charge in [0.25, 0.3) is 0 Å². The van der Waals surface area contributed by atoms with Crippen molar-refractivity contribution in [2.45, 2.75) is 26.7 Å². The molecule has 0 aliphatic heterocycles. The summed E-state index contributed by atoms with van der Waals surface area (Å²) in [7, 11) is 0. The topological polar surface area (TPSA) is 112 Å². The Morgan fingerprint density at radius 1 is 0.889 bits per heavy atom. The highest BCUT2D eigenvalue weighted by Crippen LogP contribution is 2.26. The quantitative estimate of drug-likeness (QED) is 0.449. The lowest BCUT2D eigenvalue weighted by Gasteiger charge is -2.12. The highest BCUT2D eigenvalue weighted by atomic mass is 16.4. The Morgan fingerprint density at radius 2 is 1.52 bits per heavy atom. The molecule has 0 aromatic heterocycles. The van der Waals surface area contributed by atoms with Crippen LogP contribution in [0.3, 0.4) is 0 Å². The number of allylic oxidation sites excluding steroid dienone is 3. The van der Waals surface area contributed by atoms with Crippen LogP contribution in [0, 0.1) is 0 Å². The van der Waals surface area contributed by atoms with Crippen LogP contribution in [0.5, 0.6) is 0 Å². The molecular formula is C21H22O6. The van der Waals surface area contributed by atoms with E-state index in [4.69, 9.17) is 5.11 Å². The second kappa shape index (κ2) is 10.6. The van der Waals surface area contributed by atoms with Crippen molar-refractivity contribution in [3.05, 3.63) is 76.4 Å². The fourth-order valence-corrected chi connectivity index (χ4v) is 2.45. The van der Waals surface area contributed by atoms with Gasteiger partial charge in [0.15, 0.2) is 0 Å². The van der Waals surface area contributed by atoms with E-state index >= 15 is 0 Å². The molecule has 0 aliphatic rings. The van der Waals surface area contributed by atoms with Crippen LogP contribution < -0.4 is 0 Å². The van der Waals surface area contributed by atoms with Crippen molar-refractivity contribution in [2.24, 2.45) is 0 Å². The maximum absolute atomic E-state index is 11.7. The molecule has 0 radical (unpaired) electrons. The molecule has 27 heavy (non-hydrogen) atoms. The molecular weight excluding hydrogens is 348 g/mol. The van der Waals surface area contributed by atoms with Gasteiger partial charge in [-0.15, -0.1) is 0 Å². The lowest BCUT2D eigenvalue weighted by atomic mass is 9.93. The summed E-state index contributed by atoms with van der Waals surface area (Å²) in [6.07, 6.45) is 5.42. The Hall–Kier alpha value is -3.41. The minimum atomic E-state index is -1.29. The van der Waals surface area contributed by atoms with Crippen molar-refractivity contribution in [3.8, 4) is 0 Å². The summed E-state index contributed by atoms with van der Waals surface area (Å²) >= 11 is 0. The van der Waals surface area contributed by atoms with E-state index in [2.05, 4.69) is 0 Å². The first-order valence-electron chi connectivity index (χ1n) is 8.38. The Bertz CT molecular complexity index is 825. The van der Waals surface area contributed by atoms with Crippen LogP contribution in [0.25, 0.3) is 6.08 Å². The Morgan fingerprint density at radius 3 is 1.96 bits per heavy atom. The third-order valence-corrected chi connectivity index (χ3v) is 3.76. The molecule has 0 unspecified atom stereocenters. The molecule has 3 N–H and O–H groups in total. The van der Waals surface area contributed by atoms with E-state index in [0.717, 1.165) is 17.7 Å². The van der Waals surface area contributed by atoms with Crippen molar-refractivity contribution < 1.29 is 29.7 Å². The van der Waals surface area contributed by atoms with Gasteiger partial charge in [-0.1, -0.05) is 44.2 Å². The van der Waals surface area contributed by atoms with Gasteiger partial charge in [0.1, 0.15) is 0 Å². The maximum Gasteiger partial charge on any atom is 0.335 e. The second-order valence-corrected chi connectivity index (χ2v) is 5.56. The van der Waals surface area contributed by atoms with Crippen LogP contribution in [0.15, 0.2) is 70.9 Å². The molecule has 0 saturated carbocycles. The summed E-state index contributed by atoms with van der Waals surface area (Å²) in [4.78, 5) is 33.9. The Balaban J connectivity index is 3.74. The maximum atomic E-state index is 11.7. The first-order chi connectivity index (χ1) is 12.8. The molecule has 1 aromatic carbocycles. The standard InChI is InChI=1S/C21H22O6/c1-3-15(20(24)25)13-16(12-14-8-6-5-7-9-14)17(4-2)18(21(26)27)10-11-19(22)23/h5-13H,3-4H2,1-2H3,(H,22,23)(H,24,25)(H,26,27). The number of hydrogen-bond donors (Lipinski definition) is 3. The molecule has 0 fully saturated rings. The van der Waals surface area contributed by atoms with Crippen molar-refractivity contribution in [3.63, 3.8) is 0 Å². The average Bonchev–Trinajstić information content (AvgIpc) is 2.62. The molecule has 0 aliphatic carbocycles. The van der Waals surface area contributed by atoms with Crippen LogP contribution in [0.1, 0.15) is 32.3 Å². The zero-order chi connectivity index (χ0) is 20.4. The van der Waals surface area contributed by atoms with E-state index in [1.807, 2.05) is 18.2 Å². The number of carbonyl (C=O) groups is 3. The minimum absolute atomic E-state index is 0.120. The predicted molar refractivity (Wildman–Crippen MR) is 102 cm³/mol. The molecule has 1 rings (SSSR count). The van der Waals surface area contributed by atoms with Gasteiger partial charge in [0.2, 0.25) is 0 Å². The third kappa shape index (κ3) is 6.78. The average molecular weight is 370 g/mol. The molecule has 0 spiro atoms. The van der Waals surface area contributed by atoms with Crippen molar-refractivity contribution in [2.75, 3.05) is 0 Å². The number of carboxylic acids is 3. The summed E-state index contributed by atoms with van der Waals surface area (Å²) in [5, 5.41) is 27.7. The number of hydrogen-bond acceptors (Lipinski definition) is 3. The van der Waals surface area contributed by atoms with Gasteiger partial charge in [-0.2, -0.15) is 0 Å². The molecule has 0 heterocycles. The van der Waals surface area contributed by atoms with Crippen LogP contribution in [-0.4, -0.2) is 33.2 Å². The molecule has 1 aromatic rings. The first kappa shape index (κ1) is 21.6. The number of rotatable bonds is 9. The predicted octanol–water partition coefficient (Wildman–Crippen LogP) is 3.92. The van der Waals surface area contributed by atoms with Gasteiger partial charge in [-0.3, -0.25) is 0 Å². The van der Waals surface area contributed by atoms with E-state index in [9.17, 15) is 24.6 Å². The van der Waals surface area contributed by atoms with Gasteiger partial charge in [-0.25, -0.2) is 14.4 Å². The van der Waals surface area contributed by atoms with E-state index in [0.29, 0.717) is 11.1 Å². The fraction of sp³-hybridized carbons (Fsp3) is 0.190. The number of aliphatic carboxylic acids is 3. The monoisotopic (exact) mass is 370 g/mol. The van der Waals surface area contributed by atoms with Crippen LogP contribution in [0.2, 0.25) is 0 Å². The largest absolute Gasteiger partial charge is 0.478 e. The normalized spacial score (nSPS) is 13.4. The van der Waals surface area contributed by atoms with Crippen LogP contribution in [0.4, 0.5) is 0 Å². The van der Waals surface area contributed by atoms with Gasteiger partial charge in [0, 0.05) is 11.6 Å². The summed E-state index contributed by atoms with van der Waals surface area (Å²) in [5.74, 6) is -3.65. The van der Waals surface area contributed by atoms with Crippen molar-refractivity contribution in [1.82, 2.24) is 0 Å². The summed E-state index contributed by atoms with van der Waals surface area (Å²) in [6, 6.07) is 9.06. The van der Waals surface area contributed by atoms with Gasteiger partial charge < -0.3 is 15.3 Å². The van der Waals surface area contributed by atoms with Crippen molar-refractivity contribution >= 4 is 24.0 Å². The number of benzene rings is 1. The molecule has 6 nitrogen and oxygen atoms in total. The highest BCUT2D eigenvalue weighted by Gasteiger charge is 2.16. The SMILES string of the molecule is CCC(=CC(=Cc1ccccc1)C(CC)=C(C=CC(=O)O)C(=O)O)C(=O)O. The van der Waals surface area contributed by atoms with Gasteiger partial charge in [-0.05, 0) is 47.8 Å². The zero-order valence-electron chi connectivity index (χ0n) is 15.2. The lowest BCUT2D eigenvalue weighted by molar-refractivity contribution is -0.133. The van der Waals surface area contributed by atoms with Gasteiger partial charge in [0.05, 0.1) is 5.57 Å². The molecule has 6 heteroatoms. The van der Waals surface area contributed by atoms with Crippen molar-refractivity contribution in [1.29, 1.82) is 0 Å². The second-order valence-electron chi connectivity index (χ2n) is 5.56. The summed E-state index contributed by atoms with van der Waals surface area (Å²) < 4.78 is 0. The number of carboxylic acid groups (broad SMARTS) is 3. The molecule has 0 saturated heterocycles. The van der Waals surface area contributed by atoms with E-state index in [1.165, 1.54) is 6.08 Å². The molecule has 0 amide bonds. The first-order valence-corrected chi connectivity index (χ1v) is 8.38. The molecule has 0 bridgehead atoms. The van der Waals surface area contributed by atoms with Crippen LogP contribution >= 0.6 is 0 Å². The van der Waals surface area contributed by atoms with E-state index in [-0.39, 0.29) is 24.0 Å². The van der Waals surface area contributed by atoms with E-state index < -0.39 is 17.9 Å². The molecule has 142 valence electrons. The van der Waals surface area contributed by atoms with Gasteiger partial charge >= 0.3 is 17.9 Å². The summed E-state index contributed by atoms with van der Waals surface area (Å²) in [5.41, 5.74) is 1.45. The Labute approximate surface area is 157 Å². The van der Waals surface area contributed by atoms with E-state index in [1.54, 1.807) is 32.1 Å². The highest BCUT2D eigenvalue weighted by molar-refractivity contribution is 5.95. The van der Waals surface area contributed by atoms with Crippen LogP contribution in [-0.2, 0) is 14.4 Å². The zero-order valence-corrected chi connectivity index (χ0v) is 15.2. The minimum Gasteiger partial charge on any atom is -0.478 e. The molecule has 0 atom stereocenters. The smallest absolute Gasteiger partial charge is 0.335 e. The summed E-state index contributed by atoms with van der Waals surface area (Å²) in [6.45, 7) is 3.42. The fourth-order valence-electron chi connectivity index (χ4n) is 2.45. The third-order valence-electron chi connectivity index (χ3n) is 3.76.